The van der Waals surface area contributed by atoms with E-state index in [0.29, 0.717) is 6.04 Å². The Morgan fingerprint density at radius 3 is 2.27 bits per heavy atom. The van der Waals surface area contributed by atoms with Gasteiger partial charge in [0.25, 0.3) is 0 Å². The number of anilines is 2. The summed E-state index contributed by atoms with van der Waals surface area (Å²) < 4.78 is 0. The largest absolute Gasteiger partial charge is 0.335 e. The standard InChI is InChI=1S/C19H22N2S/c1-2-20-13-7-8-15(14-20)21-16-9-3-5-11-18(16)22-19-12-6-4-10-17(19)21/h3-6,9-12,15H,2,7-8,13-14H2,1H3. The molecule has 0 spiro atoms. The third kappa shape index (κ3) is 2.42. The maximum atomic E-state index is 2.60. The van der Waals surface area contributed by atoms with Gasteiger partial charge < -0.3 is 9.80 Å². The Morgan fingerprint density at radius 2 is 1.64 bits per heavy atom. The van der Waals surface area contributed by atoms with Gasteiger partial charge in [-0.15, -0.1) is 0 Å². The molecule has 1 unspecified atom stereocenters. The van der Waals surface area contributed by atoms with E-state index in [1.54, 1.807) is 0 Å². The Kier molecular flexibility index (Phi) is 3.85. The number of para-hydroxylation sites is 2. The van der Waals surface area contributed by atoms with Gasteiger partial charge >= 0.3 is 0 Å². The fourth-order valence-electron chi connectivity index (χ4n) is 3.66. The molecular weight excluding hydrogens is 288 g/mol. The molecule has 2 aliphatic heterocycles. The zero-order chi connectivity index (χ0) is 14.9. The highest BCUT2D eigenvalue weighted by atomic mass is 32.2. The number of benzene rings is 2. The van der Waals surface area contributed by atoms with Gasteiger partial charge in [-0.2, -0.15) is 0 Å². The summed E-state index contributed by atoms with van der Waals surface area (Å²) in [6, 6.07) is 18.3. The molecule has 0 bridgehead atoms. The lowest BCUT2D eigenvalue weighted by Crippen LogP contribution is -2.46. The van der Waals surface area contributed by atoms with Gasteiger partial charge in [-0.05, 0) is 50.2 Å². The van der Waals surface area contributed by atoms with Crippen LogP contribution in [0.25, 0.3) is 0 Å². The monoisotopic (exact) mass is 310 g/mol. The first-order valence-corrected chi connectivity index (χ1v) is 9.06. The Morgan fingerprint density at radius 1 is 1.00 bits per heavy atom. The minimum atomic E-state index is 0.580. The molecule has 1 saturated heterocycles. The molecule has 0 N–H and O–H groups in total. The van der Waals surface area contributed by atoms with Crippen molar-refractivity contribution in [2.75, 3.05) is 24.5 Å². The molecule has 2 aliphatic rings. The van der Waals surface area contributed by atoms with Crippen LogP contribution < -0.4 is 4.90 Å². The second-order valence-corrected chi connectivity index (χ2v) is 7.18. The van der Waals surface area contributed by atoms with Gasteiger partial charge in [-0.25, -0.2) is 0 Å². The molecule has 2 heterocycles. The number of fused-ring (bicyclic) bond motifs is 2. The van der Waals surface area contributed by atoms with E-state index in [0.717, 1.165) is 6.54 Å². The molecule has 3 heteroatoms. The van der Waals surface area contributed by atoms with Crippen LogP contribution in [0, 0.1) is 0 Å². The van der Waals surface area contributed by atoms with Crippen molar-refractivity contribution in [3.05, 3.63) is 48.5 Å². The van der Waals surface area contributed by atoms with Crippen LogP contribution in [0.15, 0.2) is 58.3 Å². The van der Waals surface area contributed by atoms with Gasteiger partial charge in [-0.1, -0.05) is 43.0 Å². The summed E-state index contributed by atoms with van der Waals surface area (Å²) in [5, 5.41) is 0. The summed E-state index contributed by atoms with van der Waals surface area (Å²) in [4.78, 5) is 7.95. The first-order valence-electron chi connectivity index (χ1n) is 8.24. The predicted molar refractivity (Wildman–Crippen MR) is 94.3 cm³/mol. The minimum Gasteiger partial charge on any atom is -0.335 e. The number of hydrogen-bond donors (Lipinski definition) is 0. The summed E-state index contributed by atoms with van der Waals surface area (Å²) in [5.74, 6) is 0. The molecule has 0 aliphatic carbocycles. The maximum Gasteiger partial charge on any atom is 0.0555 e. The lowest BCUT2D eigenvalue weighted by atomic mass is 10.0. The summed E-state index contributed by atoms with van der Waals surface area (Å²) in [6.07, 6.45) is 2.58. The maximum absolute atomic E-state index is 2.60. The predicted octanol–water partition coefficient (Wildman–Crippen LogP) is 4.77. The molecule has 2 aromatic carbocycles. The van der Waals surface area contributed by atoms with Gasteiger partial charge in [0, 0.05) is 22.4 Å². The average molecular weight is 310 g/mol. The summed E-state index contributed by atoms with van der Waals surface area (Å²) in [7, 11) is 0. The van der Waals surface area contributed by atoms with Gasteiger partial charge in [0.05, 0.1) is 11.4 Å². The third-order valence-electron chi connectivity index (χ3n) is 4.76. The highest BCUT2D eigenvalue weighted by molar-refractivity contribution is 7.99. The van der Waals surface area contributed by atoms with Crippen LogP contribution in [0.5, 0.6) is 0 Å². The topological polar surface area (TPSA) is 6.48 Å². The SMILES string of the molecule is CCN1CCCC(N2c3ccccc3Sc3ccccc32)C1. The lowest BCUT2D eigenvalue weighted by molar-refractivity contribution is 0.218. The summed E-state index contributed by atoms with van der Waals surface area (Å²) in [6.45, 7) is 5.85. The van der Waals surface area contributed by atoms with Crippen LogP contribution in [-0.2, 0) is 0 Å². The van der Waals surface area contributed by atoms with Crippen molar-refractivity contribution in [3.8, 4) is 0 Å². The van der Waals surface area contributed by atoms with Crippen molar-refractivity contribution in [1.29, 1.82) is 0 Å². The normalized spacial score (nSPS) is 21.3. The van der Waals surface area contributed by atoms with E-state index in [4.69, 9.17) is 0 Å². The van der Waals surface area contributed by atoms with Crippen LogP contribution >= 0.6 is 11.8 Å². The zero-order valence-corrected chi connectivity index (χ0v) is 13.9. The van der Waals surface area contributed by atoms with Crippen molar-refractivity contribution < 1.29 is 0 Å². The van der Waals surface area contributed by atoms with E-state index in [1.807, 2.05) is 11.8 Å². The van der Waals surface area contributed by atoms with Crippen LogP contribution in [0.2, 0.25) is 0 Å². The number of nitrogens with zero attached hydrogens (tertiary/aromatic N) is 2. The molecule has 2 nitrogen and oxygen atoms in total. The van der Waals surface area contributed by atoms with Crippen molar-refractivity contribution in [2.45, 2.75) is 35.6 Å². The number of likely N-dealkylation sites (tertiary alicyclic amines) is 1. The van der Waals surface area contributed by atoms with Crippen molar-refractivity contribution in [2.24, 2.45) is 0 Å². The summed E-state index contributed by atoms with van der Waals surface area (Å²) in [5.41, 5.74) is 2.77. The molecule has 1 atom stereocenters. The van der Waals surface area contributed by atoms with Crippen molar-refractivity contribution >= 4 is 23.1 Å². The van der Waals surface area contributed by atoms with E-state index in [-0.39, 0.29) is 0 Å². The van der Waals surface area contributed by atoms with Crippen LogP contribution in [0.1, 0.15) is 19.8 Å². The second kappa shape index (κ2) is 5.98. The van der Waals surface area contributed by atoms with Gasteiger partial charge in [0.15, 0.2) is 0 Å². The Hall–Kier alpha value is -1.45. The van der Waals surface area contributed by atoms with E-state index in [9.17, 15) is 0 Å². The van der Waals surface area contributed by atoms with Crippen LogP contribution in [0.3, 0.4) is 0 Å². The number of hydrogen-bond acceptors (Lipinski definition) is 3. The van der Waals surface area contributed by atoms with Crippen LogP contribution in [0.4, 0.5) is 11.4 Å². The van der Waals surface area contributed by atoms with E-state index >= 15 is 0 Å². The molecule has 1 fully saturated rings. The first kappa shape index (κ1) is 14.2. The van der Waals surface area contributed by atoms with Gasteiger partial charge in [0.1, 0.15) is 0 Å². The molecule has 2 aromatic rings. The zero-order valence-electron chi connectivity index (χ0n) is 13.0. The van der Waals surface area contributed by atoms with Gasteiger partial charge in [-0.3, -0.25) is 0 Å². The molecule has 4 rings (SSSR count). The highest BCUT2D eigenvalue weighted by Crippen LogP contribution is 2.49. The molecular formula is C19H22N2S. The molecule has 0 aromatic heterocycles. The van der Waals surface area contributed by atoms with E-state index < -0.39 is 0 Å². The average Bonchev–Trinajstić information content (AvgIpc) is 2.59. The molecule has 114 valence electrons. The smallest absolute Gasteiger partial charge is 0.0555 e. The fraction of sp³-hybridized carbons (Fsp3) is 0.368. The first-order chi connectivity index (χ1) is 10.9. The molecule has 0 saturated carbocycles. The number of piperidine rings is 1. The summed E-state index contributed by atoms with van der Waals surface area (Å²) >= 11 is 1.90. The van der Waals surface area contributed by atoms with E-state index in [2.05, 4.69) is 65.3 Å². The Labute approximate surface area is 137 Å². The highest BCUT2D eigenvalue weighted by Gasteiger charge is 2.31. The third-order valence-corrected chi connectivity index (χ3v) is 5.89. The molecule has 22 heavy (non-hydrogen) atoms. The second-order valence-electron chi connectivity index (χ2n) is 6.10. The number of likely N-dealkylation sites (N-methyl/N-ethyl adjacent to an activating group) is 1. The molecule has 0 amide bonds. The Balaban J connectivity index is 1.77. The fourth-order valence-corrected chi connectivity index (χ4v) is 4.73. The quantitative estimate of drug-likeness (QED) is 0.788. The minimum absolute atomic E-state index is 0.580. The van der Waals surface area contributed by atoms with Crippen molar-refractivity contribution in [3.63, 3.8) is 0 Å². The molecule has 0 radical (unpaired) electrons. The van der Waals surface area contributed by atoms with Crippen molar-refractivity contribution in [1.82, 2.24) is 4.90 Å². The van der Waals surface area contributed by atoms with E-state index in [1.165, 1.54) is 47.1 Å². The number of rotatable bonds is 2. The Bertz CT molecular complexity index is 624. The lowest BCUT2D eigenvalue weighted by Gasteiger charge is -2.43. The van der Waals surface area contributed by atoms with Crippen LogP contribution in [-0.4, -0.2) is 30.6 Å². The van der Waals surface area contributed by atoms with Gasteiger partial charge in [0.2, 0.25) is 0 Å².